The van der Waals surface area contributed by atoms with Crippen LogP contribution in [0.25, 0.3) is 10.8 Å². The molecule has 1 aromatic heterocycles. The number of oxime groups is 1. The fourth-order valence-corrected chi connectivity index (χ4v) is 4.34. The molecule has 0 atom stereocenters. The fraction of sp³-hybridized carbons (Fsp3) is 0.227. The highest BCUT2D eigenvalue weighted by atomic mass is 35.5. The third kappa shape index (κ3) is 7.11. The summed E-state index contributed by atoms with van der Waals surface area (Å²) < 4.78 is 29.3. The van der Waals surface area contributed by atoms with Gasteiger partial charge in [0.15, 0.2) is 0 Å². The molecular formula is C22H27ClN6O5S. The van der Waals surface area contributed by atoms with Gasteiger partial charge in [0.25, 0.3) is 15.6 Å². The lowest BCUT2D eigenvalue weighted by atomic mass is 10.1. The van der Waals surface area contributed by atoms with E-state index in [0.29, 0.717) is 16.1 Å². The molecule has 13 heteroatoms. The number of sulfonamides is 1. The third-order valence-electron chi connectivity index (χ3n) is 4.71. The van der Waals surface area contributed by atoms with Crippen LogP contribution in [0.1, 0.15) is 13.1 Å². The molecule has 3 aromatic rings. The quantitative estimate of drug-likeness (QED) is 0.143. The van der Waals surface area contributed by atoms with E-state index in [2.05, 4.69) is 15.2 Å². The van der Waals surface area contributed by atoms with Crippen LogP contribution in [-0.2, 0) is 26.2 Å². The molecule has 35 heavy (non-hydrogen) atoms. The van der Waals surface area contributed by atoms with Gasteiger partial charge in [0, 0.05) is 10.7 Å². The molecule has 0 saturated heterocycles. The highest BCUT2D eigenvalue weighted by Crippen LogP contribution is 2.23. The van der Waals surface area contributed by atoms with E-state index < -0.39 is 21.5 Å². The Morgan fingerprint density at radius 3 is 2.51 bits per heavy atom. The Bertz CT molecular complexity index is 1420. The monoisotopic (exact) mass is 522 g/mol. The lowest BCUT2D eigenvalue weighted by Crippen LogP contribution is -2.36. The number of amides is 1. The number of anilines is 1. The van der Waals surface area contributed by atoms with Gasteiger partial charge < -0.3 is 26.2 Å². The van der Waals surface area contributed by atoms with Crippen molar-refractivity contribution >= 4 is 50.0 Å². The molecule has 0 spiro atoms. The van der Waals surface area contributed by atoms with Crippen molar-refractivity contribution in [3.63, 3.8) is 0 Å². The van der Waals surface area contributed by atoms with Crippen LogP contribution >= 0.6 is 11.6 Å². The molecule has 2 aromatic carbocycles. The number of nitrogens with zero attached hydrogens (tertiary/aromatic N) is 2. The smallest absolute Gasteiger partial charge is 0.275 e. The van der Waals surface area contributed by atoms with Crippen molar-refractivity contribution < 1.29 is 18.0 Å². The fourth-order valence-electron chi connectivity index (χ4n) is 3.07. The number of benzene rings is 2. The average molecular weight is 523 g/mol. The summed E-state index contributed by atoms with van der Waals surface area (Å²) in [7, 11) is -4.07. The Hall–Kier alpha value is -3.77. The van der Waals surface area contributed by atoms with E-state index in [0.717, 1.165) is 9.95 Å². The van der Waals surface area contributed by atoms with Gasteiger partial charge in [0.05, 0.1) is 11.4 Å². The van der Waals surface area contributed by atoms with Crippen LogP contribution in [0, 0.1) is 6.92 Å². The van der Waals surface area contributed by atoms with E-state index in [-0.39, 0.29) is 43.7 Å². The second-order valence-corrected chi connectivity index (χ2v) is 9.36. The molecular weight excluding hydrogens is 496 g/mol. The molecule has 3 rings (SSSR count). The second-order valence-electron chi connectivity index (χ2n) is 7.24. The summed E-state index contributed by atoms with van der Waals surface area (Å²) in [5.74, 6) is -0.729. The number of hydrogen-bond donors (Lipinski definition) is 4. The number of aryl methyl sites for hydroxylation is 1. The van der Waals surface area contributed by atoms with Crippen molar-refractivity contribution in [3.05, 3.63) is 69.6 Å². The minimum atomic E-state index is -4.07. The van der Waals surface area contributed by atoms with Crippen LogP contribution < -0.4 is 27.1 Å². The topological polar surface area (TPSA) is 171 Å². The Morgan fingerprint density at radius 2 is 1.80 bits per heavy atom. The maximum atomic E-state index is 12.9. The lowest BCUT2D eigenvalue weighted by molar-refractivity contribution is -0.122. The van der Waals surface area contributed by atoms with E-state index in [4.69, 9.17) is 27.9 Å². The van der Waals surface area contributed by atoms with Crippen LogP contribution in [0.3, 0.4) is 0 Å². The van der Waals surface area contributed by atoms with Gasteiger partial charge in [-0.15, -0.1) is 0 Å². The maximum Gasteiger partial charge on any atom is 0.275 e. The molecule has 1 heterocycles. The molecule has 1 amide bonds. The molecule has 0 fully saturated rings. The Morgan fingerprint density at radius 1 is 1.11 bits per heavy atom. The number of fused-ring (bicyclic) bond motifs is 1. The van der Waals surface area contributed by atoms with Crippen LogP contribution in [0.2, 0.25) is 5.02 Å². The normalized spacial score (nSPS) is 10.8. The number of nitrogens with two attached hydrogens (primary N) is 2. The van der Waals surface area contributed by atoms with E-state index in [1.54, 1.807) is 31.2 Å². The van der Waals surface area contributed by atoms with Crippen molar-refractivity contribution in [1.82, 2.24) is 9.88 Å². The number of halogens is 1. The molecule has 0 aliphatic rings. The molecule has 0 aliphatic heterocycles. The predicted octanol–water partition coefficient (Wildman–Crippen LogP) is 1.72. The van der Waals surface area contributed by atoms with Crippen LogP contribution in [0.4, 0.5) is 5.69 Å². The SMILES string of the molecule is C.Cc1ccc(NS(=O)(=O)c2ccc3cc(Cl)ccc3c2)c(=O)n1CC(=O)NCCON=C(N)N. The molecule has 6 N–H and O–H groups in total. The summed E-state index contributed by atoms with van der Waals surface area (Å²) in [6.45, 7) is 1.43. The van der Waals surface area contributed by atoms with Gasteiger partial charge in [-0.05, 0) is 59.3 Å². The van der Waals surface area contributed by atoms with Crippen LogP contribution in [0.15, 0.2) is 63.4 Å². The van der Waals surface area contributed by atoms with Gasteiger partial charge in [0.1, 0.15) is 18.8 Å². The summed E-state index contributed by atoms with van der Waals surface area (Å²) in [6, 6.07) is 12.5. The molecule has 0 aliphatic carbocycles. The number of guanidine groups is 1. The summed E-state index contributed by atoms with van der Waals surface area (Å²) in [5.41, 5.74) is 9.86. The van der Waals surface area contributed by atoms with Crippen molar-refractivity contribution in [2.24, 2.45) is 16.6 Å². The van der Waals surface area contributed by atoms with Crippen molar-refractivity contribution in [1.29, 1.82) is 0 Å². The van der Waals surface area contributed by atoms with Gasteiger partial charge in [-0.25, -0.2) is 8.42 Å². The van der Waals surface area contributed by atoms with Gasteiger partial charge in [0.2, 0.25) is 11.9 Å². The summed E-state index contributed by atoms with van der Waals surface area (Å²) in [5, 5.41) is 7.86. The van der Waals surface area contributed by atoms with Crippen molar-refractivity contribution in [2.75, 3.05) is 17.9 Å². The second kappa shape index (κ2) is 11.6. The molecule has 11 nitrogen and oxygen atoms in total. The van der Waals surface area contributed by atoms with Gasteiger partial charge in [-0.3, -0.25) is 14.3 Å². The molecule has 0 saturated carbocycles. The zero-order valence-electron chi connectivity index (χ0n) is 18.1. The first-order valence-corrected chi connectivity index (χ1v) is 11.8. The molecule has 188 valence electrons. The maximum absolute atomic E-state index is 12.9. The summed E-state index contributed by atoms with van der Waals surface area (Å²) in [4.78, 5) is 29.9. The van der Waals surface area contributed by atoms with E-state index in [1.165, 1.54) is 24.3 Å². The highest BCUT2D eigenvalue weighted by molar-refractivity contribution is 7.92. The lowest BCUT2D eigenvalue weighted by Gasteiger charge is -2.14. The summed E-state index contributed by atoms with van der Waals surface area (Å²) in [6.07, 6.45) is 0. The third-order valence-corrected chi connectivity index (χ3v) is 6.31. The predicted molar refractivity (Wildman–Crippen MR) is 137 cm³/mol. The largest absolute Gasteiger partial charge is 0.391 e. The Labute approximate surface area is 207 Å². The highest BCUT2D eigenvalue weighted by Gasteiger charge is 2.18. The number of carbonyl (C=O) groups excluding carboxylic acids is 1. The minimum absolute atomic E-state index is 0. The minimum Gasteiger partial charge on any atom is -0.391 e. The molecule has 0 unspecified atom stereocenters. The van der Waals surface area contributed by atoms with Crippen LogP contribution in [0.5, 0.6) is 0 Å². The first-order valence-electron chi connectivity index (χ1n) is 9.97. The zero-order chi connectivity index (χ0) is 24.9. The van der Waals surface area contributed by atoms with Crippen molar-refractivity contribution in [2.45, 2.75) is 25.8 Å². The zero-order valence-corrected chi connectivity index (χ0v) is 19.7. The number of rotatable bonds is 9. The van der Waals surface area contributed by atoms with Gasteiger partial charge in [-0.1, -0.05) is 31.2 Å². The van der Waals surface area contributed by atoms with Gasteiger partial charge in [-0.2, -0.15) is 0 Å². The number of pyridine rings is 1. The van der Waals surface area contributed by atoms with Crippen LogP contribution in [-0.4, -0.2) is 38.0 Å². The summed E-state index contributed by atoms with van der Waals surface area (Å²) >= 11 is 5.97. The Kier molecular flexibility index (Phi) is 9.09. The number of aromatic nitrogens is 1. The van der Waals surface area contributed by atoms with Gasteiger partial charge >= 0.3 is 0 Å². The molecule has 0 bridgehead atoms. The van der Waals surface area contributed by atoms with Crippen molar-refractivity contribution in [3.8, 4) is 0 Å². The van der Waals surface area contributed by atoms with E-state index in [9.17, 15) is 18.0 Å². The Balaban J connectivity index is 0.00000432. The average Bonchev–Trinajstić information content (AvgIpc) is 2.77. The number of hydrogen-bond acceptors (Lipinski definition) is 6. The first kappa shape index (κ1) is 27.5. The number of nitrogens with one attached hydrogen (secondary N) is 2. The first-order chi connectivity index (χ1) is 16.1. The number of carbonyl (C=O) groups is 1. The van der Waals surface area contributed by atoms with E-state index in [1.807, 2.05) is 0 Å². The standard InChI is InChI=1S/C21H23ClN6O5S.CH4/c1-13-2-7-18(20(30)28(13)12-19(29)25-8-9-33-26-21(23)24)27-34(31,32)17-6-4-14-10-16(22)5-3-15(14)11-17;/h2-7,10-11,27H,8-9,12H2,1H3,(H,25,29)(H4,23,24,26);1H4. The van der Waals surface area contributed by atoms with E-state index >= 15 is 0 Å². The molecule has 0 radical (unpaired) electrons.